The van der Waals surface area contributed by atoms with Crippen LogP contribution < -0.4 is 11.1 Å². The largest absolute Gasteiger partial charge is 0.398 e. The van der Waals surface area contributed by atoms with E-state index in [9.17, 15) is 4.79 Å². The molecule has 0 spiro atoms. The molecule has 0 radical (unpaired) electrons. The van der Waals surface area contributed by atoms with Gasteiger partial charge in [0.05, 0.1) is 5.56 Å². The van der Waals surface area contributed by atoms with Crippen molar-refractivity contribution in [3.63, 3.8) is 0 Å². The molecule has 5 nitrogen and oxygen atoms in total. The number of carbonyl (C=O) groups excluding carboxylic acids is 1. The van der Waals surface area contributed by atoms with Gasteiger partial charge in [-0.1, -0.05) is 12.1 Å². The quantitative estimate of drug-likeness (QED) is 0.765. The molecule has 2 rings (SSSR count). The Balaban J connectivity index is 2.27. The van der Waals surface area contributed by atoms with E-state index in [1.54, 1.807) is 30.6 Å². The number of nitrogens with zero attached hydrogens (tertiary/aromatic N) is 2. The maximum absolute atomic E-state index is 12.0. The van der Waals surface area contributed by atoms with Crippen LogP contribution in [0.5, 0.6) is 0 Å². The Morgan fingerprint density at radius 2 is 1.94 bits per heavy atom. The number of nitrogens with one attached hydrogen (secondary N) is 1. The molecular weight excluding hydrogens is 216 g/mol. The van der Waals surface area contributed by atoms with E-state index in [0.29, 0.717) is 11.3 Å². The van der Waals surface area contributed by atoms with Crippen LogP contribution in [0.25, 0.3) is 0 Å². The molecule has 86 valence electrons. The summed E-state index contributed by atoms with van der Waals surface area (Å²) < 4.78 is 0. The molecule has 0 bridgehead atoms. The molecule has 0 unspecified atom stereocenters. The molecule has 0 saturated carbocycles. The maximum atomic E-state index is 12.0. The number of rotatable bonds is 2. The number of anilines is 2. The van der Waals surface area contributed by atoms with Gasteiger partial charge >= 0.3 is 0 Å². The molecule has 0 aliphatic carbocycles. The third kappa shape index (κ3) is 2.39. The van der Waals surface area contributed by atoms with Crippen LogP contribution >= 0.6 is 0 Å². The van der Waals surface area contributed by atoms with E-state index in [1.165, 1.54) is 0 Å². The second-order valence-electron chi connectivity index (χ2n) is 3.57. The molecular formula is C12H12N4O. The average molecular weight is 228 g/mol. The molecule has 1 heterocycles. The molecule has 17 heavy (non-hydrogen) atoms. The van der Waals surface area contributed by atoms with Crippen LogP contribution in [0, 0.1) is 6.92 Å². The van der Waals surface area contributed by atoms with Crippen LogP contribution in [0.4, 0.5) is 11.6 Å². The van der Waals surface area contributed by atoms with Gasteiger partial charge in [-0.25, -0.2) is 9.97 Å². The number of hydrogen-bond acceptors (Lipinski definition) is 4. The Hall–Kier alpha value is -2.43. The standard InChI is InChI=1S/C12H12N4O/c1-8-4-2-5-9(13)10(8)11(17)16-12-14-6-3-7-15-12/h2-7H,13H2,1H3,(H,14,15,16,17). The first-order valence-electron chi connectivity index (χ1n) is 5.12. The lowest BCUT2D eigenvalue weighted by molar-refractivity contribution is 0.102. The van der Waals surface area contributed by atoms with Crippen molar-refractivity contribution < 1.29 is 4.79 Å². The van der Waals surface area contributed by atoms with Gasteiger partial charge in [-0.3, -0.25) is 10.1 Å². The lowest BCUT2D eigenvalue weighted by Crippen LogP contribution is -2.17. The molecule has 1 aromatic carbocycles. The Morgan fingerprint density at radius 3 is 2.59 bits per heavy atom. The zero-order chi connectivity index (χ0) is 12.3. The zero-order valence-electron chi connectivity index (χ0n) is 9.34. The molecule has 1 aromatic heterocycles. The molecule has 0 aliphatic rings. The first kappa shape index (κ1) is 11.1. The van der Waals surface area contributed by atoms with E-state index in [4.69, 9.17) is 5.73 Å². The highest BCUT2D eigenvalue weighted by molar-refractivity contribution is 6.08. The summed E-state index contributed by atoms with van der Waals surface area (Å²) in [5.74, 6) is -0.0352. The van der Waals surface area contributed by atoms with Crippen molar-refractivity contribution >= 4 is 17.5 Å². The van der Waals surface area contributed by atoms with E-state index >= 15 is 0 Å². The number of nitrogen functional groups attached to an aromatic ring is 1. The molecule has 2 aromatic rings. The fourth-order valence-electron chi connectivity index (χ4n) is 1.53. The Bertz CT molecular complexity index is 519. The summed E-state index contributed by atoms with van der Waals surface area (Å²) in [6.07, 6.45) is 3.12. The van der Waals surface area contributed by atoms with Gasteiger partial charge in [0.15, 0.2) is 0 Å². The van der Waals surface area contributed by atoms with Crippen LogP contribution in [0.3, 0.4) is 0 Å². The Labute approximate surface area is 98.7 Å². The smallest absolute Gasteiger partial charge is 0.260 e. The van der Waals surface area contributed by atoms with Crippen molar-refractivity contribution in [1.82, 2.24) is 9.97 Å². The summed E-state index contributed by atoms with van der Waals surface area (Å²) in [7, 11) is 0. The minimum absolute atomic E-state index is 0.264. The van der Waals surface area contributed by atoms with Crippen molar-refractivity contribution in [2.45, 2.75) is 6.92 Å². The number of carbonyl (C=O) groups is 1. The second-order valence-corrected chi connectivity index (χ2v) is 3.57. The highest BCUT2D eigenvalue weighted by Crippen LogP contribution is 2.17. The second kappa shape index (κ2) is 4.61. The van der Waals surface area contributed by atoms with Gasteiger partial charge in [0, 0.05) is 18.1 Å². The Morgan fingerprint density at radius 1 is 1.24 bits per heavy atom. The SMILES string of the molecule is Cc1cccc(N)c1C(=O)Nc1ncccn1. The van der Waals surface area contributed by atoms with Crippen LogP contribution in [0.2, 0.25) is 0 Å². The zero-order valence-corrected chi connectivity index (χ0v) is 9.34. The molecule has 0 aliphatic heterocycles. The third-order valence-corrected chi connectivity index (χ3v) is 2.32. The molecule has 1 amide bonds. The van der Waals surface area contributed by atoms with Crippen LogP contribution in [-0.4, -0.2) is 15.9 Å². The van der Waals surface area contributed by atoms with E-state index in [0.717, 1.165) is 5.56 Å². The normalized spacial score (nSPS) is 9.94. The van der Waals surface area contributed by atoms with Crippen molar-refractivity contribution in [1.29, 1.82) is 0 Å². The molecule has 0 saturated heterocycles. The number of aromatic nitrogens is 2. The van der Waals surface area contributed by atoms with Gasteiger partial charge in [0.2, 0.25) is 5.95 Å². The van der Waals surface area contributed by atoms with Crippen LogP contribution in [0.1, 0.15) is 15.9 Å². The average Bonchev–Trinajstić information content (AvgIpc) is 2.30. The highest BCUT2D eigenvalue weighted by Gasteiger charge is 2.13. The summed E-state index contributed by atoms with van der Waals surface area (Å²) in [5, 5.41) is 2.60. The maximum Gasteiger partial charge on any atom is 0.260 e. The lowest BCUT2D eigenvalue weighted by atomic mass is 10.1. The van der Waals surface area contributed by atoms with E-state index in [1.807, 2.05) is 13.0 Å². The topological polar surface area (TPSA) is 80.9 Å². The van der Waals surface area contributed by atoms with Crippen molar-refractivity contribution in [3.05, 3.63) is 47.8 Å². The third-order valence-electron chi connectivity index (χ3n) is 2.32. The van der Waals surface area contributed by atoms with Crippen LogP contribution in [-0.2, 0) is 0 Å². The number of hydrogen-bond donors (Lipinski definition) is 2. The minimum atomic E-state index is -0.299. The Kier molecular flexibility index (Phi) is 3.00. The van der Waals surface area contributed by atoms with Gasteiger partial charge in [-0.2, -0.15) is 0 Å². The van der Waals surface area contributed by atoms with Gasteiger partial charge < -0.3 is 5.73 Å². The predicted molar refractivity (Wildman–Crippen MR) is 65.6 cm³/mol. The van der Waals surface area contributed by atoms with Crippen molar-refractivity contribution in [2.75, 3.05) is 11.1 Å². The van der Waals surface area contributed by atoms with E-state index < -0.39 is 0 Å². The monoisotopic (exact) mass is 228 g/mol. The highest BCUT2D eigenvalue weighted by atomic mass is 16.1. The lowest BCUT2D eigenvalue weighted by Gasteiger charge is -2.08. The van der Waals surface area contributed by atoms with Gasteiger partial charge in [0.1, 0.15) is 0 Å². The van der Waals surface area contributed by atoms with E-state index in [2.05, 4.69) is 15.3 Å². The first-order valence-corrected chi connectivity index (χ1v) is 5.12. The van der Waals surface area contributed by atoms with Gasteiger partial charge in [-0.15, -0.1) is 0 Å². The molecule has 0 fully saturated rings. The fraction of sp³-hybridized carbons (Fsp3) is 0.0833. The minimum Gasteiger partial charge on any atom is -0.398 e. The molecule has 5 heteroatoms. The summed E-state index contributed by atoms with van der Waals surface area (Å²) in [4.78, 5) is 19.8. The van der Waals surface area contributed by atoms with E-state index in [-0.39, 0.29) is 11.9 Å². The molecule has 0 atom stereocenters. The predicted octanol–water partition coefficient (Wildman–Crippen LogP) is 1.62. The number of aryl methyl sites for hydroxylation is 1. The van der Waals surface area contributed by atoms with Crippen molar-refractivity contribution in [3.8, 4) is 0 Å². The summed E-state index contributed by atoms with van der Waals surface area (Å²) >= 11 is 0. The fourth-order valence-corrected chi connectivity index (χ4v) is 1.53. The first-order chi connectivity index (χ1) is 8.18. The summed E-state index contributed by atoms with van der Waals surface area (Å²) in [6, 6.07) is 7.00. The number of amides is 1. The number of nitrogens with two attached hydrogens (primary N) is 1. The molecule has 3 N–H and O–H groups in total. The summed E-state index contributed by atoms with van der Waals surface area (Å²) in [5.41, 5.74) is 7.49. The van der Waals surface area contributed by atoms with Crippen molar-refractivity contribution in [2.24, 2.45) is 0 Å². The summed E-state index contributed by atoms with van der Waals surface area (Å²) in [6.45, 7) is 1.83. The number of benzene rings is 1. The van der Waals surface area contributed by atoms with Crippen LogP contribution in [0.15, 0.2) is 36.7 Å². The van der Waals surface area contributed by atoms with Gasteiger partial charge in [-0.05, 0) is 24.6 Å². The van der Waals surface area contributed by atoms with Gasteiger partial charge in [0.25, 0.3) is 5.91 Å².